The second kappa shape index (κ2) is 5.29. The maximum absolute atomic E-state index is 9.85. The largest absolute Gasteiger partial charge is 0.362 e. The Labute approximate surface area is 89.2 Å². The lowest BCUT2D eigenvalue weighted by Crippen LogP contribution is -1.85. The number of hydrogen-bond donors (Lipinski definition) is 2. The fourth-order valence-electron chi connectivity index (χ4n) is 0.863. The van der Waals surface area contributed by atoms with Crippen LogP contribution in [-0.2, 0) is 0 Å². The van der Waals surface area contributed by atoms with Crippen LogP contribution in [0.1, 0.15) is 0 Å². The van der Waals surface area contributed by atoms with Crippen molar-refractivity contribution in [3.63, 3.8) is 0 Å². The third-order valence-corrected chi connectivity index (χ3v) is 1.57. The number of aromatic amines is 2. The SMILES string of the molecule is O=[N+]([O-])c1cc[nH]c1.O=[N+]([O-])c1ccc[nH]1. The van der Waals surface area contributed by atoms with E-state index < -0.39 is 9.85 Å². The molecule has 2 aromatic heterocycles. The molecular weight excluding hydrogens is 216 g/mol. The average Bonchev–Trinajstić information content (AvgIpc) is 2.93. The van der Waals surface area contributed by atoms with Crippen LogP contribution >= 0.6 is 0 Å². The molecule has 0 atom stereocenters. The number of hydrogen-bond acceptors (Lipinski definition) is 4. The summed E-state index contributed by atoms with van der Waals surface area (Å²) >= 11 is 0. The van der Waals surface area contributed by atoms with E-state index in [0.29, 0.717) is 0 Å². The first-order valence-electron chi connectivity index (χ1n) is 4.16. The van der Waals surface area contributed by atoms with Crippen molar-refractivity contribution in [2.75, 3.05) is 0 Å². The molecule has 0 saturated carbocycles. The van der Waals surface area contributed by atoms with E-state index >= 15 is 0 Å². The maximum Gasteiger partial charge on any atom is 0.320 e. The van der Waals surface area contributed by atoms with E-state index in [1.165, 1.54) is 30.7 Å². The molecule has 0 fully saturated rings. The van der Waals surface area contributed by atoms with Crippen LogP contribution in [0.4, 0.5) is 11.5 Å². The molecular formula is C8H8N4O4. The van der Waals surface area contributed by atoms with Crippen molar-refractivity contribution >= 4 is 11.5 Å². The van der Waals surface area contributed by atoms with E-state index in [1.54, 1.807) is 6.07 Å². The van der Waals surface area contributed by atoms with Gasteiger partial charge in [0, 0.05) is 18.3 Å². The quantitative estimate of drug-likeness (QED) is 0.597. The van der Waals surface area contributed by atoms with Crippen LogP contribution in [0.2, 0.25) is 0 Å². The zero-order chi connectivity index (χ0) is 12.0. The van der Waals surface area contributed by atoms with Crippen LogP contribution in [0.25, 0.3) is 0 Å². The van der Waals surface area contributed by atoms with Gasteiger partial charge in [0.25, 0.3) is 5.69 Å². The van der Waals surface area contributed by atoms with Crippen LogP contribution in [0.15, 0.2) is 36.8 Å². The number of H-pyrrole nitrogens is 2. The first-order valence-corrected chi connectivity index (χ1v) is 4.16. The van der Waals surface area contributed by atoms with Crippen molar-refractivity contribution < 1.29 is 9.85 Å². The lowest BCUT2D eigenvalue weighted by atomic mass is 10.6. The summed E-state index contributed by atoms with van der Waals surface area (Å²) in [6, 6.07) is 4.39. The predicted molar refractivity (Wildman–Crippen MR) is 54.9 cm³/mol. The summed E-state index contributed by atoms with van der Waals surface area (Å²) in [5, 5.41) is 19.7. The molecule has 0 bridgehead atoms. The molecule has 0 aliphatic heterocycles. The van der Waals surface area contributed by atoms with Crippen molar-refractivity contribution in [2.24, 2.45) is 0 Å². The monoisotopic (exact) mass is 224 g/mol. The Morgan fingerprint density at radius 3 is 2.06 bits per heavy atom. The highest BCUT2D eigenvalue weighted by Crippen LogP contribution is 2.05. The van der Waals surface area contributed by atoms with Gasteiger partial charge in [-0.05, 0) is 11.0 Å². The number of rotatable bonds is 2. The molecule has 2 rings (SSSR count). The van der Waals surface area contributed by atoms with Gasteiger partial charge < -0.3 is 15.1 Å². The lowest BCUT2D eigenvalue weighted by Gasteiger charge is -1.84. The molecule has 0 unspecified atom stereocenters. The fourth-order valence-corrected chi connectivity index (χ4v) is 0.863. The Hall–Kier alpha value is -2.64. The van der Waals surface area contributed by atoms with Gasteiger partial charge in [-0.3, -0.25) is 10.1 Å². The van der Waals surface area contributed by atoms with Gasteiger partial charge in [0.2, 0.25) is 0 Å². The average molecular weight is 224 g/mol. The minimum Gasteiger partial charge on any atom is -0.362 e. The smallest absolute Gasteiger partial charge is 0.320 e. The van der Waals surface area contributed by atoms with E-state index in [0.717, 1.165) is 0 Å². The zero-order valence-electron chi connectivity index (χ0n) is 7.99. The normalized spacial score (nSPS) is 9.00. The van der Waals surface area contributed by atoms with Gasteiger partial charge >= 0.3 is 5.82 Å². The van der Waals surface area contributed by atoms with Gasteiger partial charge in [-0.25, -0.2) is 4.98 Å². The fraction of sp³-hybridized carbons (Fsp3) is 0. The molecule has 84 valence electrons. The molecule has 0 aliphatic carbocycles. The summed E-state index contributed by atoms with van der Waals surface area (Å²) in [7, 11) is 0. The van der Waals surface area contributed by atoms with Crippen LogP contribution in [0.3, 0.4) is 0 Å². The Kier molecular flexibility index (Phi) is 3.78. The highest BCUT2D eigenvalue weighted by molar-refractivity contribution is 5.23. The minimum atomic E-state index is -0.472. The Bertz CT molecular complexity index is 404. The summed E-state index contributed by atoms with van der Waals surface area (Å²) in [4.78, 5) is 23.8. The summed E-state index contributed by atoms with van der Waals surface area (Å²) in [5.74, 6) is 0.0324. The van der Waals surface area contributed by atoms with E-state index in [2.05, 4.69) is 9.97 Å². The number of aromatic nitrogens is 2. The molecule has 0 saturated heterocycles. The minimum absolute atomic E-state index is 0.0324. The second-order valence-corrected chi connectivity index (χ2v) is 2.64. The predicted octanol–water partition coefficient (Wildman–Crippen LogP) is 1.85. The van der Waals surface area contributed by atoms with E-state index in [9.17, 15) is 20.2 Å². The van der Waals surface area contributed by atoms with E-state index in [-0.39, 0.29) is 11.5 Å². The van der Waals surface area contributed by atoms with Crippen molar-refractivity contribution in [3.05, 3.63) is 57.0 Å². The summed E-state index contributed by atoms with van der Waals surface area (Å²) in [6.07, 6.45) is 4.36. The summed E-state index contributed by atoms with van der Waals surface area (Å²) < 4.78 is 0. The van der Waals surface area contributed by atoms with Crippen molar-refractivity contribution in [2.45, 2.75) is 0 Å². The first-order chi connectivity index (χ1) is 7.61. The highest BCUT2D eigenvalue weighted by atomic mass is 16.6. The van der Waals surface area contributed by atoms with Crippen LogP contribution in [0.5, 0.6) is 0 Å². The Morgan fingerprint density at radius 2 is 1.81 bits per heavy atom. The summed E-state index contributed by atoms with van der Waals surface area (Å²) in [6.45, 7) is 0. The Morgan fingerprint density at radius 1 is 1.06 bits per heavy atom. The molecule has 2 heterocycles. The van der Waals surface area contributed by atoms with E-state index in [4.69, 9.17) is 0 Å². The number of nitrogens with zero attached hydrogens (tertiary/aromatic N) is 2. The summed E-state index contributed by atoms with van der Waals surface area (Å²) in [5.41, 5.74) is 0.102. The van der Waals surface area contributed by atoms with Crippen LogP contribution in [-0.4, -0.2) is 19.8 Å². The number of nitrogens with one attached hydrogen (secondary N) is 2. The first kappa shape index (κ1) is 11.4. The van der Waals surface area contributed by atoms with Crippen LogP contribution in [0, 0.1) is 20.2 Å². The Balaban J connectivity index is 0.000000160. The molecule has 2 aromatic rings. The molecule has 8 nitrogen and oxygen atoms in total. The van der Waals surface area contributed by atoms with Gasteiger partial charge in [0.1, 0.15) is 0 Å². The molecule has 0 spiro atoms. The molecule has 0 aliphatic rings. The molecule has 8 heteroatoms. The molecule has 2 N–H and O–H groups in total. The lowest BCUT2D eigenvalue weighted by molar-refractivity contribution is -0.389. The molecule has 0 amide bonds. The zero-order valence-corrected chi connectivity index (χ0v) is 7.99. The topological polar surface area (TPSA) is 118 Å². The van der Waals surface area contributed by atoms with Gasteiger partial charge in [-0.1, -0.05) is 0 Å². The van der Waals surface area contributed by atoms with Crippen molar-refractivity contribution in [1.29, 1.82) is 0 Å². The highest BCUT2D eigenvalue weighted by Gasteiger charge is 2.00. The molecule has 16 heavy (non-hydrogen) atoms. The van der Waals surface area contributed by atoms with Gasteiger partial charge in [0.15, 0.2) is 0 Å². The van der Waals surface area contributed by atoms with E-state index in [1.807, 2.05) is 0 Å². The van der Waals surface area contributed by atoms with Gasteiger partial charge in [-0.2, -0.15) is 0 Å². The van der Waals surface area contributed by atoms with Crippen molar-refractivity contribution in [1.82, 2.24) is 9.97 Å². The maximum atomic E-state index is 9.85. The second-order valence-electron chi connectivity index (χ2n) is 2.64. The number of nitro groups is 2. The third kappa shape index (κ3) is 3.25. The van der Waals surface area contributed by atoms with Crippen molar-refractivity contribution in [3.8, 4) is 0 Å². The molecule has 0 aromatic carbocycles. The standard InChI is InChI=1S/2C4H4N2O2/c7-6(8)4-1-2-5-3-4;7-6(8)4-2-1-3-5-4/h2*1-3,5H. The van der Waals surface area contributed by atoms with Gasteiger partial charge in [-0.15, -0.1) is 0 Å². The third-order valence-electron chi connectivity index (χ3n) is 1.57. The van der Waals surface area contributed by atoms with Gasteiger partial charge in [0.05, 0.1) is 17.3 Å². The molecule has 0 radical (unpaired) electrons. The van der Waals surface area contributed by atoms with Crippen LogP contribution < -0.4 is 0 Å².